The Kier molecular flexibility index (Phi) is 6.65. The number of carbonyl (C=O) groups excluding carboxylic acids is 1. The Morgan fingerprint density at radius 3 is 2.50 bits per heavy atom. The molecule has 1 atom stereocenters. The molecule has 9 heteroatoms. The number of hydrogen-bond acceptors (Lipinski definition) is 5. The molecule has 2 heterocycles. The number of nitrogens with two attached hydrogens (primary N) is 1. The lowest BCUT2D eigenvalue weighted by atomic mass is 9.87. The fraction of sp³-hybridized carbons (Fsp3) is 0.259. The van der Waals surface area contributed by atoms with Gasteiger partial charge in [-0.2, -0.15) is 5.10 Å². The summed E-state index contributed by atoms with van der Waals surface area (Å²) >= 11 is 0. The van der Waals surface area contributed by atoms with Gasteiger partial charge in [-0.25, -0.2) is 4.79 Å². The molecule has 0 spiro atoms. The van der Waals surface area contributed by atoms with Gasteiger partial charge in [0.25, 0.3) is 11.5 Å². The average molecular weight is 487 g/mol. The molecular weight excluding hydrogens is 456 g/mol. The van der Waals surface area contributed by atoms with Crippen LogP contribution in [0.15, 0.2) is 70.5 Å². The van der Waals surface area contributed by atoms with Gasteiger partial charge in [-0.05, 0) is 40.7 Å². The number of nitrogens with one attached hydrogen (secondary N) is 3. The quantitative estimate of drug-likeness (QED) is 0.331. The van der Waals surface area contributed by atoms with Crippen LogP contribution < -0.4 is 22.3 Å². The van der Waals surface area contributed by atoms with E-state index in [2.05, 4.69) is 60.4 Å². The first-order valence-electron chi connectivity index (χ1n) is 11.7. The van der Waals surface area contributed by atoms with Gasteiger partial charge in [0.05, 0.1) is 18.8 Å². The highest BCUT2D eigenvalue weighted by atomic mass is 16.2. The Hall–Kier alpha value is -4.40. The number of nitrogen functional groups attached to an aromatic ring is 1. The number of H-pyrrole nitrogens is 2. The first-order valence-corrected chi connectivity index (χ1v) is 11.7. The molecule has 2 aromatic carbocycles. The van der Waals surface area contributed by atoms with Crippen molar-refractivity contribution in [1.29, 1.82) is 0 Å². The molecule has 0 bridgehead atoms. The fourth-order valence-corrected chi connectivity index (χ4v) is 3.91. The summed E-state index contributed by atoms with van der Waals surface area (Å²) in [6, 6.07) is 15.9. The summed E-state index contributed by atoms with van der Waals surface area (Å²) in [5, 5.41) is 7.29. The zero-order chi connectivity index (χ0) is 26.0. The van der Waals surface area contributed by atoms with Crippen LogP contribution in [0.3, 0.4) is 0 Å². The SMILES string of the molecule is CC(NC(=O)c1[nH]c(=O)[nH]c(=O)c1N)c1cccc(-c2cnn(Cc3ccc(C(C)(C)C)cc3)c2)c1. The van der Waals surface area contributed by atoms with Crippen molar-refractivity contribution < 1.29 is 4.79 Å². The predicted octanol–water partition coefficient (Wildman–Crippen LogP) is 3.35. The van der Waals surface area contributed by atoms with Crippen LogP contribution in [-0.2, 0) is 12.0 Å². The maximum Gasteiger partial charge on any atom is 0.326 e. The Bertz CT molecular complexity index is 1510. The topological polar surface area (TPSA) is 139 Å². The van der Waals surface area contributed by atoms with Crippen LogP contribution >= 0.6 is 0 Å². The maximum atomic E-state index is 12.6. The Morgan fingerprint density at radius 2 is 1.81 bits per heavy atom. The van der Waals surface area contributed by atoms with Gasteiger partial charge in [-0.3, -0.25) is 19.3 Å². The third kappa shape index (κ3) is 5.46. The molecule has 4 rings (SSSR count). The van der Waals surface area contributed by atoms with Crippen molar-refractivity contribution >= 4 is 11.6 Å². The van der Waals surface area contributed by atoms with Gasteiger partial charge < -0.3 is 16.0 Å². The molecule has 2 aromatic heterocycles. The summed E-state index contributed by atoms with van der Waals surface area (Å²) in [6.07, 6.45) is 3.80. The van der Waals surface area contributed by atoms with E-state index >= 15 is 0 Å². The lowest BCUT2D eigenvalue weighted by molar-refractivity contribution is 0.0935. The Balaban J connectivity index is 1.48. The number of nitrogens with zero attached hydrogens (tertiary/aromatic N) is 2. The van der Waals surface area contributed by atoms with E-state index in [0.717, 1.165) is 16.7 Å². The van der Waals surface area contributed by atoms with Crippen molar-refractivity contribution in [1.82, 2.24) is 25.1 Å². The number of hydrogen-bond donors (Lipinski definition) is 4. The molecule has 5 N–H and O–H groups in total. The highest BCUT2D eigenvalue weighted by Gasteiger charge is 2.18. The molecule has 9 nitrogen and oxygen atoms in total. The monoisotopic (exact) mass is 486 g/mol. The van der Waals surface area contributed by atoms with Crippen molar-refractivity contribution in [2.24, 2.45) is 0 Å². The van der Waals surface area contributed by atoms with Crippen LogP contribution in [0, 0.1) is 0 Å². The fourth-order valence-electron chi connectivity index (χ4n) is 3.91. The van der Waals surface area contributed by atoms with E-state index in [1.807, 2.05) is 53.2 Å². The number of carbonyl (C=O) groups is 1. The van der Waals surface area contributed by atoms with Gasteiger partial charge in [0.2, 0.25) is 0 Å². The molecule has 186 valence electrons. The van der Waals surface area contributed by atoms with Gasteiger partial charge in [-0.1, -0.05) is 63.2 Å². The van der Waals surface area contributed by atoms with Crippen LogP contribution in [-0.4, -0.2) is 25.7 Å². The van der Waals surface area contributed by atoms with Gasteiger partial charge in [-0.15, -0.1) is 0 Å². The van der Waals surface area contributed by atoms with Gasteiger partial charge in [0.15, 0.2) is 0 Å². The zero-order valence-electron chi connectivity index (χ0n) is 20.8. The highest BCUT2D eigenvalue weighted by Crippen LogP contribution is 2.25. The molecule has 0 saturated carbocycles. The molecule has 1 unspecified atom stereocenters. The summed E-state index contributed by atoms with van der Waals surface area (Å²) in [5.74, 6) is -0.640. The summed E-state index contributed by atoms with van der Waals surface area (Å²) in [5.41, 5.74) is 8.78. The smallest absolute Gasteiger partial charge is 0.326 e. The largest absolute Gasteiger partial charge is 0.392 e. The second-order valence-corrected chi connectivity index (χ2v) is 9.89. The number of rotatable bonds is 6. The van der Waals surface area contributed by atoms with Crippen LogP contribution in [0.25, 0.3) is 11.1 Å². The van der Waals surface area contributed by atoms with E-state index in [0.29, 0.717) is 6.54 Å². The normalized spacial score (nSPS) is 12.3. The number of anilines is 1. The first-order chi connectivity index (χ1) is 17.0. The second kappa shape index (κ2) is 9.69. The minimum Gasteiger partial charge on any atom is -0.392 e. The van der Waals surface area contributed by atoms with E-state index in [-0.39, 0.29) is 16.8 Å². The van der Waals surface area contributed by atoms with Gasteiger partial charge >= 0.3 is 5.69 Å². The first kappa shape index (κ1) is 24.7. The van der Waals surface area contributed by atoms with E-state index < -0.39 is 23.2 Å². The highest BCUT2D eigenvalue weighted by molar-refractivity contribution is 5.97. The van der Waals surface area contributed by atoms with Crippen molar-refractivity contribution in [3.63, 3.8) is 0 Å². The number of aromatic amines is 2. The van der Waals surface area contributed by atoms with Crippen LogP contribution in [0.4, 0.5) is 5.69 Å². The predicted molar refractivity (Wildman–Crippen MR) is 140 cm³/mol. The third-order valence-corrected chi connectivity index (χ3v) is 6.07. The molecule has 0 aliphatic carbocycles. The lowest BCUT2D eigenvalue weighted by Crippen LogP contribution is -2.34. The molecule has 0 aliphatic heterocycles. The molecule has 36 heavy (non-hydrogen) atoms. The number of benzene rings is 2. The van der Waals surface area contributed by atoms with E-state index in [1.165, 1.54) is 11.1 Å². The molecule has 0 aliphatic rings. The second-order valence-electron chi connectivity index (χ2n) is 9.89. The molecule has 4 aromatic rings. The minimum atomic E-state index is -0.805. The van der Waals surface area contributed by atoms with E-state index in [1.54, 1.807) is 0 Å². The van der Waals surface area contributed by atoms with E-state index in [4.69, 9.17) is 5.73 Å². The standard InChI is InChI=1S/C27H30N6O3/c1-16(30-25(35)23-22(28)24(34)32-26(36)31-23)18-6-5-7-19(12-18)20-13-29-33(15-20)14-17-8-10-21(11-9-17)27(2,3)4/h5-13,15-16H,14,28H2,1-4H3,(H,30,35)(H2,31,32,34,36). The zero-order valence-corrected chi connectivity index (χ0v) is 20.8. The summed E-state index contributed by atoms with van der Waals surface area (Å²) in [4.78, 5) is 40.2. The van der Waals surface area contributed by atoms with Crippen molar-refractivity contribution in [2.45, 2.75) is 45.7 Å². The molecule has 0 saturated heterocycles. The Morgan fingerprint density at radius 1 is 1.08 bits per heavy atom. The maximum absolute atomic E-state index is 12.6. The molecular formula is C27H30N6O3. The Labute approximate surface area is 208 Å². The van der Waals surface area contributed by atoms with Crippen LogP contribution in [0.5, 0.6) is 0 Å². The molecule has 0 radical (unpaired) electrons. The summed E-state index contributed by atoms with van der Waals surface area (Å²) < 4.78 is 1.89. The number of amides is 1. The van der Waals surface area contributed by atoms with Crippen molar-refractivity contribution in [3.05, 3.63) is 104 Å². The molecule has 0 fully saturated rings. The summed E-state index contributed by atoms with van der Waals surface area (Å²) in [6.45, 7) is 9.05. The third-order valence-electron chi connectivity index (χ3n) is 6.07. The molecule has 1 amide bonds. The van der Waals surface area contributed by atoms with Crippen molar-refractivity contribution in [3.8, 4) is 11.1 Å². The van der Waals surface area contributed by atoms with E-state index in [9.17, 15) is 14.4 Å². The van der Waals surface area contributed by atoms with Crippen LogP contribution in [0.1, 0.15) is 60.9 Å². The van der Waals surface area contributed by atoms with Crippen LogP contribution in [0.2, 0.25) is 0 Å². The average Bonchev–Trinajstić information content (AvgIpc) is 3.29. The van der Waals surface area contributed by atoms with Gasteiger partial charge in [0, 0.05) is 11.8 Å². The number of aromatic nitrogens is 4. The van der Waals surface area contributed by atoms with Gasteiger partial charge in [0.1, 0.15) is 11.4 Å². The minimum absolute atomic E-state index is 0.113. The lowest BCUT2D eigenvalue weighted by Gasteiger charge is -2.19. The van der Waals surface area contributed by atoms with Crippen molar-refractivity contribution in [2.75, 3.05) is 5.73 Å². The summed E-state index contributed by atoms with van der Waals surface area (Å²) in [7, 11) is 0.